The summed E-state index contributed by atoms with van der Waals surface area (Å²) >= 11 is 0. The summed E-state index contributed by atoms with van der Waals surface area (Å²) in [6.45, 7) is -0.466. The molecule has 0 saturated heterocycles. The molecule has 3 aromatic rings. The van der Waals surface area contributed by atoms with E-state index in [0.29, 0.717) is 5.75 Å². The maximum Gasteiger partial charge on any atom is 0.326 e. The van der Waals surface area contributed by atoms with E-state index in [1.54, 1.807) is 36.4 Å². The van der Waals surface area contributed by atoms with Crippen molar-refractivity contribution in [2.45, 2.75) is 4.90 Å². The van der Waals surface area contributed by atoms with Crippen molar-refractivity contribution >= 4 is 32.5 Å². The van der Waals surface area contributed by atoms with Crippen LogP contribution in [0, 0.1) is 0 Å². The molecule has 3 rings (SSSR count). The van der Waals surface area contributed by atoms with Crippen LogP contribution in [0.3, 0.4) is 0 Å². The van der Waals surface area contributed by atoms with Crippen LogP contribution in [-0.2, 0) is 19.6 Å². The molecule has 0 heterocycles. The molecule has 0 aromatic heterocycles. The van der Waals surface area contributed by atoms with Gasteiger partial charge in [-0.2, -0.15) is 0 Å². The summed E-state index contributed by atoms with van der Waals surface area (Å²) in [7, 11) is -1.37. The number of hydrogen-bond acceptors (Lipinski definition) is 5. The summed E-state index contributed by atoms with van der Waals surface area (Å²) in [6.07, 6.45) is 0. The Labute approximate surface area is 158 Å². The quantitative estimate of drug-likeness (QED) is 0.609. The lowest BCUT2D eigenvalue weighted by Crippen LogP contribution is -2.36. The summed E-state index contributed by atoms with van der Waals surface area (Å²) in [4.78, 5) is 12.0. The summed E-state index contributed by atoms with van der Waals surface area (Å²) < 4.78 is 37.7. The standard InChI is InChI=1S/C20H19NO5S/c1-25-19-10-6-5-9-18(19)21(14-20(22)26-2)27(23,24)17-12-11-15-7-3-4-8-16(15)13-17/h3-13H,14H2,1-2H3. The number of sulfonamides is 1. The number of hydrogen-bond donors (Lipinski definition) is 0. The first-order valence-electron chi connectivity index (χ1n) is 8.19. The Morgan fingerprint density at radius 1 is 0.926 bits per heavy atom. The third-order valence-corrected chi connectivity index (χ3v) is 5.92. The fourth-order valence-electron chi connectivity index (χ4n) is 2.77. The normalized spacial score (nSPS) is 11.2. The maximum absolute atomic E-state index is 13.4. The van der Waals surface area contributed by atoms with Crippen LogP contribution in [0.2, 0.25) is 0 Å². The molecule has 27 heavy (non-hydrogen) atoms. The topological polar surface area (TPSA) is 72.9 Å². The zero-order valence-electron chi connectivity index (χ0n) is 15.0. The summed E-state index contributed by atoms with van der Waals surface area (Å²) in [5.41, 5.74) is 0.263. The first kappa shape index (κ1) is 18.7. The summed E-state index contributed by atoms with van der Waals surface area (Å²) in [6, 6.07) is 18.9. The zero-order chi connectivity index (χ0) is 19.4. The molecular weight excluding hydrogens is 366 g/mol. The number of carbonyl (C=O) groups is 1. The Balaban J connectivity index is 2.15. The van der Waals surface area contributed by atoms with Gasteiger partial charge in [-0.05, 0) is 35.0 Å². The largest absolute Gasteiger partial charge is 0.495 e. The minimum atomic E-state index is -4.03. The average molecular weight is 385 g/mol. The lowest BCUT2D eigenvalue weighted by Gasteiger charge is -2.25. The third-order valence-electron chi connectivity index (χ3n) is 4.16. The first-order valence-corrected chi connectivity index (χ1v) is 9.63. The van der Waals surface area contributed by atoms with E-state index < -0.39 is 22.5 Å². The van der Waals surface area contributed by atoms with E-state index in [4.69, 9.17) is 9.47 Å². The number of carbonyl (C=O) groups excluding carboxylic acids is 1. The average Bonchev–Trinajstić information content (AvgIpc) is 2.71. The fraction of sp³-hybridized carbons (Fsp3) is 0.150. The fourth-order valence-corrected chi connectivity index (χ4v) is 4.23. The Hall–Kier alpha value is -3.06. The highest BCUT2D eigenvalue weighted by molar-refractivity contribution is 7.92. The Bertz CT molecular complexity index is 1080. The van der Waals surface area contributed by atoms with E-state index in [-0.39, 0.29) is 10.6 Å². The number of anilines is 1. The second-order valence-electron chi connectivity index (χ2n) is 5.77. The van der Waals surface area contributed by atoms with Crippen molar-refractivity contribution in [2.75, 3.05) is 25.1 Å². The van der Waals surface area contributed by atoms with Crippen molar-refractivity contribution in [2.24, 2.45) is 0 Å². The summed E-state index contributed by atoms with van der Waals surface area (Å²) in [5, 5.41) is 1.71. The monoisotopic (exact) mass is 385 g/mol. The van der Waals surface area contributed by atoms with Gasteiger partial charge in [0.15, 0.2) is 0 Å². The lowest BCUT2D eigenvalue weighted by atomic mass is 10.1. The van der Waals surface area contributed by atoms with Crippen molar-refractivity contribution in [3.05, 3.63) is 66.7 Å². The number of benzene rings is 3. The highest BCUT2D eigenvalue weighted by atomic mass is 32.2. The van der Waals surface area contributed by atoms with E-state index >= 15 is 0 Å². The van der Waals surface area contributed by atoms with Gasteiger partial charge in [0.2, 0.25) is 0 Å². The molecule has 0 amide bonds. The molecule has 0 spiro atoms. The molecular formula is C20H19NO5S. The Morgan fingerprint density at radius 3 is 2.30 bits per heavy atom. The number of methoxy groups -OCH3 is 2. The van der Waals surface area contributed by atoms with Crippen molar-refractivity contribution in [1.29, 1.82) is 0 Å². The molecule has 0 atom stereocenters. The Kier molecular flexibility index (Phi) is 5.32. The van der Waals surface area contributed by atoms with Gasteiger partial charge in [0.25, 0.3) is 10.0 Å². The molecule has 0 N–H and O–H groups in total. The van der Waals surface area contributed by atoms with Crippen LogP contribution in [0.1, 0.15) is 0 Å². The van der Waals surface area contributed by atoms with Crippen LogP contribution in [0.25, 0.3) is 10.8 Å². The molecule has 0 radical (unpaired) electrons. The van der Waals surface area contributed by atoms with Crippen LogP contribution in [-0.4, -0.2) is 35.2 Å². The lowest BCUT2D eigenvalue weighted by molar-refractivity contribution is -0.138. The molecule has 3 aromatic carbocycles. The smallest absolute Gasteiger partial charge is 0.326 e. The molecule has 0 unspecified atom stereocenters. The van der Waals surface area contributed by atoms with Gasteiger partial charge in [0.1, 0.15) is 12.3 Å². The highest BCUT2D eigenvalue weighted by Crippen LogP contribution is 2.33. The van der Waals surface area contributed by atoms with Gasteiger partial charge in [-0.1, -0.05) is 42.5 Å². The van der Waals surface area contributed by atoms with Crippen molar-refractivity contribution < 1.29 is 22.7 Å². The van der Waals surface area contributed by atoms with Crippen molar-refractivity contribution in [3.63, 3.8) is 0 Å². The van der Waals surface area contributed by atoms with Gasteiger partial charge in [-0.15, -0.1) is 0 Å². The Morgan fingerprint density at radius 2 is 1.59 bits per heavy atom. The summed E-state index contributed by atoms with van der Waals surface area (Å²) in [5.74, 6) is -0.337. The van der Waals surface area contributed by atoms with Crippen LogP contribution in [0.15, 0.2) is 71.6 Å². The molecule has 0 aliphatic heterocycles. The van der Waals surface area contributed by atoms with E-state index in [2.05, 4.69) is 0 Å². The molecule has 0 aliphatic carbocycles. The number of para-hydroxylation sites is 2. The van der Waals surface area contributed by atoms with E-state index in [1.165, 1.54) is 20.3 Å². The van der Waals surface area contributed by atoms with Crippen LogP contribution in [0.4, 0.5) is 5.69 Å². The van der Waals surface area contributed by atoms with Crippen LogP contribution in [0.5, 0.6) is 5.75 Å². The second-order valence-corrected chi connectivity index (χ2v) is 7.63. The molecule has 0 fully saturated rings. The third kappa shape index (κ3) is 3.73. The minimum absolute atomic E-state index is 0.0796. The molecule has 6 nitrogen and oxygen atoms in total. The molecule has 140 valence electrons. The van der Waals surface area contributed by atoms with Crippen LogP contribution < -0.4 is 9.04 Å². The van der Waals surface area contributed by atoms with Gasteiger partial charge in [0.05, 0.1) is 24.8 Å². The van der Waals surface area contributed by atoms with Crippen molar-refractivity contribution in [3.8, 4) is 5.75 Å². The minimum Gasteiger partial charge on any atom is -0.495 e. The predicted molar refractivity (Wildman–Crippen MR) is 103 cm³/mol. The van der Waals surface area contributed by atoms with Gasteiger partial charge in [-0.25, -0.2) is 8.42 Å². The van der Waals surface area contributed by atoms with Crippen LogP contribution >= 0.6 is 0 Å². The molecule has 0 aliphatic rings. The zero-order valence-corrected chi connectivity index (χ0v) is 15.8. The van der Waals surface area contributed by atoms with Gasteiger partial charge in [0, 0.05) is 0 Å². The number of fused-ring (bicyclic) bond motifs is 1. The molecule has 0 saturated carbocycles. The first-order chi connectivity index (χ1) is 13.0. The highest BCUT2D eigenvalue weighted by Gasteiger charge is 2.29. The predicted octanol–water partition coefficient (Wildman–Crippen LogP) is 3.22. The maximum atomic E-state index is 13.4. The van der Waals surface area contributed by atoms with E-state index in [1.807, 2.05) is 24.3 Å². The van der Waals surface area contributed by atoms with E-state index in [0.717, 1.165) is 15.1 Å². The van der Waals surface area contributed by atoms with Gasteiger partial charge < -0.3 is 9.47 Å². The number of nitrogens with zero attached hydrogens (tertiary/aromatic N) is 1. The SMILES string of the molecule is COC(=O)CN(c1ccccc1OC)S(=O)(=O)c1ccc2ccccc2c1. The van der Waals surface area contributed by atoms with Gasteiger partial charge >= 0.3 is 5.97 Å². The number of rotatable bonds is 6. The number of esters is 1. The van der Waals surface area contributed by atoms with Crippen molar-refractivity contribution in [1.82, 2.24) is 0 Å². The number of ether oxygens (including phenoxy) is 2. The van der Waals surface area contributed by atoms with Gasteiger partial charge in [-0.3, -0.25) is 9.10 Å². The molecule has 7 heteroatoms. The second kappa shape index (κ2) is 7.67. The molecule has 0 bridgehead atoms. The van der Waals surface area contributed by atoms with E-state index in [9.17, 15) is 13.2 Å².